The van der Waals surface area contributed by atoms with Crippen LogP contribution in [0.5, 0.6) is 11.5 Å². The molecule has 0 fully saturated rings. The zero-order valence-corrected chi connectivity index (χ0v) is 11.1. The Kier molecular flexibility index (Phi) is 4.99. The van der Waals surface area contributed by atoms with Crippen LogP contribution in [-0.2, 0) is 6.54 Å². The van der Waals surface area contributed by atoms with Gasteiger partial charge < -0.3 is 15.2 Å². The van der Waals surface area contributed by atoms with Gasteiger partial charge in [0.15, 0.2) is 0 Å². The lowest BCUT2D eigenvalue weighted by Gasteiger charge is -2.09. The van der Waals surface area contributed by atoms with Crippen LogP contribution in [0.15, 0.2) is 48.5 Å². The van der Waals surface area contributed by atoms with Gasteiger partial charge in [-0.15, -0.1) is 0 Å². The van der Waals surface area contributed by atoms with Crippen molar-refractivity contribution in [2.24, 2.45) is 5.73 Å². The highest BCUT2D eigenvalue weighted by molar-refractivity contribution is 5.34. The van der Waals surface area contributed by atoms with Gasteiger partial charge in [0.1, 0.15) is 24.7 Å². The van der Waals surface area contributed by atoms with Crippen LogP contribution in [-0.4, -0.2) is 13.2 Å². The van der Waals surface area contributed by atoms with Crippen LogP contribution in [0.3, 0.4) is 0 Å². The number of hydrogen-bond donors (Lipinski definition) is 1. The van der Waals surface area contributed by atoms with Crippen molar-refractivity contribution in [3.8, 4) is 17.6 Å². The lowest BCUT2D eigenvalue weighted by atomic mass is 10.2. The molecule has 0 atom stereocenters. The highest BCUT2D eigenvalue weighted by atomic mass is 16.5. The van der Waals surface area contributed by atoms with E-state index < -0.39 is 0 Å². The second-order valence-corrected chi connectivity index (χ2v) is 4.18. The Balaban J connectivity index is 1.77. The van der Waals surface area contributed by atoms with Crippen LogP contribution in [0.25, 0.3) is 0 Å². The summed E-state index contributed by atoms with van der Waals surface area (Å²) in [4.78, 5) is 0. The van der Waals surface area contributed by atoms with Gasteiger partial charge >= 0.3 is 0 Å². The quantitative estimate of drug-likeness (QED) is 0.817. The van der Waals surface area contributed by atoms with E-state index in [2.05, 4.69) is 6.07 Å². The van der Waals surface area contributed by atoms with E-state index in [1.165, 1.54) is 0 Å². The van der Waals surface area contributed by atoms with Gasteiger partial charge in [0.05, 0.1) is 11.6 Å². The van der Waals surface area contributed by atoms with E-state index in [0.717, 1.165) is 17.1 Å². The van der Waals surface area contributed by atoms with Gasteiger partial charge in [-0.25, -0.2) is 0 Å². The zero-order chi connectivity index (χ0) is 14.2. The first-order valence-corrected chi connectivity index (χ1v) is 6.36. The second kappa shape index (κ2) is 7.17. The lowest BCUT2D eigenvalue weighted by Crippen LogP contribution is -2.09. The van der Waals surface area contributed by atoms with E-state index in [4.69, 9.17) is 20.5 Å². The first-order valence-electron chi connectivity index (χ1n) is 6.36. The largest absolute Gasteiger partial charge is 0.490 e. The van der Waals surface area contributed by atoms with Gasteiger partial charge in [-0.1, -0.05) is 12.1 Å². The highest BCUT2D eigenvalue weighted by Crippen LogP contribution is 2.14. The zero-order valence-electron chi connectivity index (χ0n) is 11.1. The van der Waals surface area contributed by atoms with E-state index in [9.17, 15) is 0 Å². The molecule has 0 aliphatic heterocycles. The predicted octanol–water partition coefficient (Wildman–Crippen LogP) is 2.47. The van der Waals surface area contributed by atoms with Crippen LogP contribution >= 0.6 is 0 Å². The number of nitrogens with two attached hydrogens (primary N) is 1. The normalized spacial score (nSPS) is 9.80. The third-order valence-electron chi connectivity index (χ3n) is 2.74. The summed E-state index contributed by atoms with van der Waals surface area (Å²) in [6.07, 6.45) is 0. The van der Waals surface area contributed by atoms with Gasteiger partial charge in [-0.05, 0) is 42.0 Å². The molecule has 0 aliphatic carbocycles. The molecule has 2 rings (SSSR count). The summed E-state index contributed by atoms with van der Waals surface area (Å²) >= 11 is 0. The minimum atomic E-state index is 0.443. The summed E-state index contributed by atoms with van der Waals surface area (Å²) < 4.78 is 11.1. The summed E-state index contributed by atoms with van der Waals surface area (Å²) in [7, 11) is 0. The van der Waals surface area contributed by atoms with Gasteiger partial charge in [0.2, 0.25) is 0 Å². The van der Waals surface area contributed by atoms with E-state index in [1.807, 2.05) is 24.3 Å². The van der Waals surface area contributed by atoms with E-state index in [0.29, 0.717) is 25.3 Å². The first kappa shape index (κ1) is 13.9. The average molecular weight is 268 g/mol. The Bertz CT molecular complexity index is 588. The third-order valence-corrected chi connectivity index (χ3v) is 2.74. The fourth-order valence-electron chi connectivity index (χ4n) is 1.71. The first-order chi connectivity index (χ1) is 9.81. The molecule has 0 aromatic heterocycles. The maximum Gasteiger partial charge on any atom is 0.122 e. The molecule has 4 nitrogen and oxygen atoms in total. The van der Waals surface area contributed by atoms with Crippen molar-refractivity contribution in [2.45, 2.75) is 6.54 Å². The van der Waals surface area contributed by atoms with Crippen LogP contribution < -0.4 is 15.2 Å². The molecule has 0 aliphatic rings. The Morgan fingerprint density at radius 2 is 1.65 bits per heavy atom. The standard InChI is InChI=1S/C16H16N2O2/c17-11-13-4-6-15(7-5-13)19-8-9-20-16-3-1-2-14(10-16)12-18/h1-7,10H,8-9,12,18H2. The van der Waals surface area contributed by atoms with Crippen molar-refractivity contribution in [3.05, 3.63) is 59.7 Å². The Hall–Kier alpha value is -2.51. The van der Waals surface area contributed by atoms with Crippen molar-refractivity contribution >= 4 is 0 Å². The Labute approximate surface area is 118 Å². The summed E-state index contributed by atoms with van der Waals surface area (Å²) in [5.74, 6) is 1.51. The number of ether oxygens (including phenoxy) is 2. The molecule has 102 valence electrons. The minimum absolute atomic E-state index is 0.443. The maximum atomic E-state index is 8.69. The summed E-state index contributed by atoms with van der Waals surface area (Å²) in [6.45, 7) is 1.39. The highest BCUT2D eigenvalue weighted by Gasteiger charge is 1.97. The molecule has 20 heavy (non-hydrogen) atoms. The number of benzene rings is 2. The Morgan fingerprint density at radius 3 is 2.30 bits per heavy atom. The third kappa shape index (κ3) is 4.01. The number of nitriles is 1. The molecule has 0 heterocycles. The molecule has 2 aromatic rings. The maximum absolute atomic E-state index is 8.69. The van der Waals surface area contributed by atoms with Gasteiger partial charge in [0, 0.05) is 6.54 Å². The fraction of sp³-hybridized carbons (Fsp3) is 0.188. The number of hydrogen-bond acceptors (Lipinski definition) is 4. The molecule has 0 saturated heterocycles. The van der Waals surface area contributed by atoms with E-state index >= 15 is 0 Å². The molecule has 0 bridgehead atoms. The number of nitrogens with zero attached hydrogens (tertiary/aromatic N) is 1. The molecule has 2 N–H and O–H groups in total. The van der Waals surface area contributed by atoms with Crippen molar-refractivity contribution in [1.29, 1.82) is 5.26 Å². The Morgan fingerprint density at radius 1 is 0.950 bits per heavy atom. The van der Waals surface area contributed by atoms with Gasteiger partial charge in [0.25, 0.3) is 0 Å². The van der Waals surface area contributed by atoms with E-state index in [1.54, 1.807) is 24.3 Å². The monoisotopic (exact) mass is 268 g/mol. The lowest BCUT2D eigenvalue weighted by molar-refractivity contribution is 0.217. The molecule has 2 aromatic carbocycles. The summed E-state index contributed by atoms with van der Waals surface area (Å²) in [5.41, 5.74) is 7.23. The molecule has 4 heteroatoms. The number of rotatable bonds is 6. The molecule has 0 amide bonds. The molecule has 0 radical (unpaired) electrons. The predicted molar refractivity (Wildman–Crippen MR) is 76.5 cm³/mol. The summed E-state index contributed by atoms with van der Waals surface area (Å²) in [5, 5.41) is 8.69. The van der Waals surface area contributed by atoms with Gasteiger partial charge in [-0.3, -0.25) is 0 Å². The summed E-state index contributed by atoms with van der Waals surface area (Å²) in [6, 6.07) is 16.7. The smallest absolute Gasteiger partial charge is 0.122 e. The molecule has 0 saturated carbocycles. The second-order valence-electron chi connectivity index (χ2n) is 4.18. The van der Waals surface area contributed by atoms with Crippen molar-refractivity contribution in [3.63, 3.8) is 0 Å². The van der Waals surface area contributed by atoms with Crippen molar-refractivity contribution in [1.82, 2.24) is 0 Å². The average Bonchev–Trinajstić information content (AvgIpc) is 2.52. The molecule has 0 spiro atoms. The van der Waals surface area contributed by atoms with Gasteiger partial charge in [-0.2, -0.15) is 5.26 Å². The molecular formula is C16H16N2O2. The van der Waals surface area contributed by atoms with Crippen molar-refractivity contribution < 1.29 is 9.47 Å². The van der Waals surface area contributed by atoms with Crippen LogP contribution in [0.1, 0.15) is 11.1 Å². The van der Waals surface area contributed by atoms with Crippen molar-refractivity contribution in [2.75, 3.05) is 13.2 Å². The fourth-order valence-corrected chi connectivity index (χ4v) is 1.71. The molecule has 0 unspecified atom stereocenters. The van der Waals surface area contributed by atoms with Crippen LogP contribution in [0.2, 0.25) is 0 Å². The van der Waals surface area contributed by atoms with E-state index in [-0.39, 0.29) is 0 Å². The van der Waals surface area contributed by atoms with Crippen LogP contribution in [0.4, 0.5) is 0 Å². The van der Waals surface area contributed by atoms with Crippen LogP contribution in [0, 0.1) is 11.3 Å². The topological polar surface area (TPSA) is 68.3 Å². The SMILES string of the molecule is N#Cc1ccc(OCCOc2cccc(CN)c2)cc1. The molecular weight excluding hydrogens is 252 g/mol. The minimum Gasteiger partial charge on any atom is -0.490 e.